The van der Waals surface area contributed by atoms with E-state index >= 15 is 4.39 Å². The zero-order valence-electron chi connectivity index (χ0n) is 22.4. The summed E-state index contributed by atoms with van der Waals surface area (Å²) in [6.07, 6.45) is 7.88. The lowest BCUT2D eigenvalue weighted by atomic mass is 9.99. The van der Waals surface area contributed by atoms with Crippen LogP contribution in [-0.2, 0) is 4.79 Å². The quantitative estimate of drug-likeness (QED) is 0.216. The molecule has 206 valence electrons. The summed E-state index contributed by atoms with van der Waals surface area (Å²) in [5.41, 5.74) is 4.50. The summed E-state index contributed by atoms with van der Waals surface area (Å²) in [5.74, 6) is -0.524. The minimum absolute atomic E-state index is 0.000257. The first-order valence-corrected chi connectivity index (χ1v) is 13.7. The molecule has 4 N–H and O–H groups in total. The van der Waals surface area contributed by atoms with Crippen molar-refractivity contribution < 1.29 is 14.0 Å². The molecule has 0 unspecified atom stereocenters. The largest absolute Gasteiger partial charge is 0.356 e. The summed E-state index contributed by atoms with van der Waals surface area (Å²) in [4.78, 5) is 43.2. The predicted molar refractivity (Wildman–Crippen MR) is 159 cm³/mol. The molecule has 0 aliphatic carbocycles. The Kier molecular flexibility index (Phi) is 6.75. The van der Waals surface area contributed by atoms with Crippen molar-refractivity contribution in [2.75, 3.05) is 27.9 Å². The first-order chi connectivity index (χ1) is 19.8. The first kappa shape index (κ1) is 26.3. The number of pyridine rings is 3. The van der Waals surface area contributed by atoms with Crippen LogP contribution in [0, 0.1) is 11.7 Å². The number of carbonyl (C=O) groups is 2. The number of aliphatic imine (C=N–C) groups is 1. The second-order valence-electron chi connectivity index (χ2n) is 9.79. The lowest BCUT2D eigenvalue weighted by Gasteiger charge is -2.26. The second kappa shape index (κ2) is 10.5. The van der Waals surface area contributed by atoms with E-state index in [1.807, 2.05) is 12.1 Å². The molecule has 0 saturated heterocycles. The third kappa shape index (κ3) is 4.93. The molecule has 6 heterocycles. The first-order valence-electron chi connectivity index (χ1n) is 12.9. The van der Waals surface area contributed by atoms with Gasteiger partial charge in [0.25, 0.3) is 0 Å². The van der Waals surface area contributed by atoms with Gasteiger partial charge in [-0.3, -0.25) is 24.5 Å². The number of nitrogens with one attached hydrogen (secondary N) is 4. The SMILES string of the molecule is CC(=O)c1ccc(-c2nccc3c2NC=C(C2=NCNc4ncc(-c5cncc(NC(=O)C(C)C)c5)c(F)c42)N3)s1. The average molecular weight is 569 g/mol. The smallest absolute Gasteiger partial charge is 0.226 e. The summed E-state index contributed by atoms with van der Waals surface area (Å²) in [6.45, 7) is 5.34. The molecule has 6 rings (SSSR count). The lowest BCUT2D eigenvalue weighted by Crippen LogP contribution is -2.26. The third-order valence-corrected chi connectivity index (χ3v) is 7.79. The summed E-state index contributed by atoms with van der Waals surface area (Å²) < 4.78 is 16.2. The van der Waals surface area contributed by atoms with Gasteiger partial charge in [0.1, 0.15) is 24.0 Å². The molecule has 0 fully saturated rings. The second-order valence-corrected chi connectivity index (χ2v) is 10.9. The topological polar surface area (TPSA) is 133 Å². The number of aromatic nitrogens is 3. The van der Waals surface area contributed by atoms with Gasteiger partial charge in [0.2, 0.25) is 5.91 Å². The fourth-order valence-electron chi connectivity index (χ4n) is 4.48. The normalized spacial score (nSPS) is 13.6. The maximum atomic E-state index is 16.2. The summed E-state index contributed by atoms with van der Waals surface area (Å²) in [7, 11) is 0. The van der Waals surface area contributed by atoms with Gasteiger partial charge in [-0.25, -0.2) is 9.37 Å². The number of ketones is 1. The number of fused-ring (bicyclic) bond motifs is 2. The molecule has 0 spiro atoms. The van der Waals surface area contributed by atoms with Crippen LogP contribution in [0.25, 0.3) is 21.7 Å². The van der Waals surface area contributed by atoms with Crippen molar-refractivity contribution in [1.29, 1.82) is 0 Å². The Balaban J connectivity index is 1.33. The summed E-state index contributed by atoms with van der Waals surface area (Å²) >= 11 is 1.37. The van der Waals surface area contributed by atoms with Crippen LogP contribution in [0.15, 0.2) is 65.9 Å². The van der Waals surface area contributed by atoms with Gasteiger partial charge in [-0.1, -0.05) is 13.8 Å². The van der Waals surface area contributed by atoms with E-state index in [0.29, 0.717) is 39.0 Å². The molecule has 4 aromatic rings. The molecule has 0 saturated carbocycles. The van der Waals surface area contributed by atoms with Gasteiger partial charge in [0.15, 0.2) is 5.78 Å². The highest BCUT2D eigenvalue weighted by Gasteiger charge is 2.28. The van der Waals surface area contributed by atoms with Crippen molar-refractivity contribution in [2.45, 2.75) is 20.8 Å². The van der Waals surface area contributed by atoms with Crippen LogP contribution in [-0.4, -0.2) is 39.0 Å². The Hall–Kier alpha value is -4.97. The van der Waals surface area contributed by atoms with Crippen LogP contribution < -0.4 is 21.3 Å². The number of carbonyl (C=O) groups excluding carboxylic acids is 2. The average Bonchev–Trinajstić information content (AvgIpc) is 3.47. The molecule has 41 heavy (non-hydrogen) atoms. The third-order valence-electron chi connectivity index (χ3n) is 6.60. The van der Waals surface area contributed by atoms with Gasteiger partial charge in [-0.15, -0.1) is 11.3 Å². The van der Waals surface area contributed by atoms with E-state index in [1.165, 1.54) is 36.9 Å². The molecule has 2 aliphatic heterocycles. The number of hydrogen-bond acceptors (Lipinski definition) is 10. The van der Waals surface area contributed by atoms with Crippen LogP contribution in [0.3, 0.4) is 0 Å². The Morgan fingerprint density at radius 3 is 2.76 bits per heavy atom. The number of nitrogens with zero attached hydrogens (tertiary/aromatic N) is 4. The number of thiophene rings is 1. The van der Waals surface area contributed by atoms with Crippen LogP contribution in [0.1, 0.15) is 36.0 Å². The highest BCUT2D eigenvalue weighted by molar-refractivity contribution is 7.17. The van der Waals surface area contributed by atoms with E-state index in [2.05, 4.69) is 41.2 Å². The minimum atomic E-state index is -0.519. The number of allylic oxidation sites excluding steroid dienone is 1. The van der Waals surface area contributed by atoms with Crippen LogP contribution in [0.5, 0.6) is 0 Å². The minimum Gasteiger partial charge on any atom is -0.356 e. The van der Waals surface area contributed by atoms with Crippen molar-refractivity contribution in [1.82, 2.24) is 15.0 Å². The maximum Gasteiger partial charge on any atom is 0.226 e. The number of amides is 1. The zero-order valence-corrected chi connectivity index (χ0v) is 23.2. The Labute approximate surface area is 238 Å². The van der Waals surface area contributed by atoms with E-state index in [4.69, 9.17) is 0 Å². The molecule has 4 aromatic heterocycles. The molecular weight excluding hydrogens is 543 g/mol. The standard InChI is InChI=1S/C29H25FN8O2S/c1-14(2)29(40)37-17-8-16(9-31-10-17)18-11-34-28-23(24(18)30)25(35-13-36-28)20-12-33-26-19(38-20)6-7-32-27(26)22-5-4-21(41-22)15(3)39/h4-12,14,33,38H,13H2,1-3H3,(H,34,36)(H,37,40). The lowest BCUT2D eigenvalue weighted by molar-refractivity contribution is -0.118. The van der Waals surface area contributed by atoms with Gasteiger partial charge >= 0.3 is 0 Å². The number of Topliss-reactive ketones (excluding diaryl/α,β-unsaturated/α-hetero) is 1. The van der Waals surface area contributed by atoms with Gasteiger partial charge in [-0.05, 0) is 31.2 Å². The van der Waals surface area contributed by atoms with Gasteiger partial charge < -0.3 is 21.3 Å². The van der Waals surface area contributed by atoms with Crippen molar-refractivity contribution in [3.05, 3.63) is 77.2 Å². The van der Waals surface area contributed by atoms with Crippen LogP contribution in [0.4, 0.5) is 27.3 Å². The molecule has 0 radical (unpaired) electrons. The molecule has 0 atom stereocenters. The Morgan fingerprint density at radius 2 is 1.98 bits per heavy atom. The number of anilines is 4. The van der Waals surface area contributed by atoms with Crippen molar-refractivity contribution in [3.8, 4) is 21.7 Å². The monoisotopic (exact) mass is 568 g/mol. The maximum absolute atomic E-state index is 16.2. The number of hydrogen-bond donors (Lipinski definition) is 4. The Bertz CT molecular complexity index is 1780. The van der Waals surface area contributed by atoms with Gasteiger partial charge in [0.05, 0.1) is 50.0 Å². The highest BCUT2D eigenvalue weighted by atomic mass is 32.1. The summed E-state index contributed by atoms with van der Waals surface area (Å²) in [5, 5.41) is 12.5. The van der Waals surface area contributed by atoms with Gasteiger partial charge in [0, 0.05) is 41.8 Å². The van der Waals surface area contributed by atoms with Crippen LogP contribution in [0.2, 0.25) is 0 Å². The fourth-order valence-corrected chi connectivity index (χ4v) is 5.39. The predicted octanol–water partition coefficient (Wildman–Crippen LogP) is 5.75. The molecule has 2 aliphatic rings. The molecule has 12 heteroatoms. The van der Waals surface area contributed by atoms with Crippen molar-refractivity contribution in [3.63, 3.8) is 0 Å². The molecule has 10 nitrogen and oxygen atoms in total. The fraction of sp³-hybridized carbons (Fsp3) is 0.172. The zero-order chi connectivity index (χ0) is 28.7. The molecular formula is C29H25FN8O2S. The van der Waals surface area contributed by atoms with E-state index in [9.17, 15) is 9.59 Å². The van der Waals surface area contributed by atoms with Gasteiger partial charge in [-0.2, -0.15) is 0 Å². The number of rotatable bonds is 6. The number of halogens is 1. The van der Waals surface area contributed by atoms with Crippen molar-refractivity contribution in [2.24, 2.45) is 10.9 Å². The van der Waals surface area contributed by atoms with E-state index < -0.39 is 5.82 Å². The molecule has 0 bridgehead atoms. The molecule has 0 aromatic carbocycles. The summed E-state index contributed by atoms with van der Waals surface area (Å²) in [6, 6.07) is 7.14. The Morgan fingerprint density at radius 1 is 1.12 bits per heavy atom. The van der Waals surface area contributed by atoms with Crippen molar-refractivity contribution >= 4 is 51.6 Å². The van der Waals surface area contributed by atoms with E-state index in [1.54, 1.807) is 38.4 Å². The molecule has 1 amide bonds. The van der Waals surface area contributed by atoms with E-state index in [-0.39, 0.29) is 35.4 Å². The van der Waals surface area contributed by atoms with Crippen LogP contribution >= 0.6 is 11.3 Å². The van der Waals surface area contributed by atoms with E-state index in [0.717, 1.165) is 16.3 Å². The highest BCUT2D eigenvalue weighted by Crippen LogP contribution is 2.40.